The van der Waals surface area contributed by atoms with Crippen LogP contribution in [0.15, 0.2) is 0 Å². The Morgan fingerprint density at radius 1 is 0.917 bits per heavy atom. The first kappa shape index (κ1) is 12.5. The molecule has 0 aliphatic rings. The van der Waals surface area contributed by atoms with E-state index in [1.54, 1.807) is 0 Å². The molecule has 0 aliphatic carbocycles. The van der Waals surface area contributed by atoms with E-state index < -0.39 is 0 Å². The SMILES string of the molecule is CC[C@@H](C)C[C@@H](C)C[C@@H](C)CBr. The lowest BCUT2D eigenvalue weighted by atomic mass is 9.89. The summed E-state index contributed by atoms with van der Waals surface area (Å²) in [6, 6.07) is 0. The average molecular weight is 235 g/mol. The highest BCUT2D eigenvalue weighted by atomic mass is 79.9. The van der Waals surface area contributed by atoms with E-state index in [1.807, 2.05) is 0 Å². The first-order chi connectivity index (χ1) is 5.60. The van der Waals surface area contributed by atoms with Gasteiger partial charge in [-0.05, 0) is 30.6 Å². The molecule has 12 heavy (non-hydrogen) atoms. The van der Waals surface area contributed by atoms with Gasteiger partial charge in [0.1, 0.15) is 0 Å². The van der Waals surface area contributed by atoms with E-state index in [0.717, 1.165) is 23.1 Å². The third-order valence-corrected chi connectivity index (χ3v) is 3.68. The van der Waals surface area contributed by atoms with Crippen molar-refractivity contribution in [2.75, 3.05) is 5.33 Å². The van der Waals surface area contributed by atoms with Crippen molar-refractivity contribution in [3.8, 4) is 0 Å². The van der Waals surface area contributed by atoms with E-state index in [0.29, 0.717) is 0 Å². The Hall–Kier alpha value is 0.480. The van der Waals surface area contributed by atoms with Crippen LogP contribution in [-0.4, -0.2) is 5.33 Å². The molecule has 0 aromatic heterocycles. The fraction of sp³-hybridized carbons (Fsp3) is 1.00. The smallest absolute Gasteiger partial charge is 0.00571 e. The summed E-state index contributed by atoms with van der Waals surface area (Å²) in [7, 11) is 0. The predicted octanol–water partition coefficient (Wildman–Crippen LogP) is 4.48. The first-order valence-corrected chi connectivity index (χ1v) is 6.28. The van der Waals surface area contributed by atoms with Gasteiger partial charge in [0.25, 0.3) is 0 Å². The predicted molar refractivity (Wildman–Crippen MR) is 60.8 cm³/mol. The highest BCUT2D eigenvalue weighted by Crippen LogP contribution is 2.21. The number of alkyl halides is 1. The maximum atomic E-state index is 3.53. The molecular formula is C11H23Br. The van der Waals surface area contributed by atoms with Gasteiger partial charge in [-0.25, -0.2) is 0 Å². The van der Waals surface area contributed by atoms with Crippen molar-refractivity contribution < 1.29 is 0 Å². The molecule has 0 spiro atoms. The normalized spacial score (nSPS) is 18.8. The van der Waals surface area contributed by atoms with Gasteiger partial charge in [-0.1, -0.05) is 50.0 Å². The third kappa shape index (κ3) is 6.05. The second-order valence-electron chi connectivity index (χ2n) is 4.35. The molecule has 0 saturated carbocycles. The maximum absolute atomic E-state index is 3.53. The second-order valence-corrected chi connectivity index (χ2v) is 5.00. The van der Waals surface area contributed by atoms with Gasteiger partial charge in [-0.15, -0.1) is 0 Å². The molecule has 0 unspecified atom stereocenters. The van der Waals surface area contributed by atoms with Crippen molar-refractivity contribution in [2.45, 2.75) is 47.0 Å². The minimum absolute atomic E-state index is 0.837. The number of hydrogen-bond acceptors (Lipinski definition) is 0. The summed E-state index contributed by atoms with van der Waals surface area (Å²) in [5.41, 5.74) is 0. The van der Waals surface area contributed by atoms with E-state index >= 15 is 0 Å². The topological polar surface area (TPSA) is 0 Å². The third-order valence-electron chi connectivity index (χ3n) is 2.57. The highest BCUT2D eigenvalue weighted by Gasteiger charge is 2.10. The molecule has 0 aromatic rings. The molecule has 0 aromatic carbocycles. The van der Waals surface area contributed by atoms with Gasteiger partial charge in [-0.3, -0.25) is 0 Å². The standard InChI is InChI=1S/C11H23Br/c1-5-9(2)6-10(3)7-11(4)8-12/h9-11H,5-8H2,1-4H3/t9-,10-,11-/m1/s1. The Morgan fingerprint density at radius 3 is 1.83 bits per heavy atom. The van der Waals surface area contributed by atoms with Crippen LogP contribution in [-0.2, 0) is 0 Å². The summed E-state index contributed by atoms with van der Waals surface area (Å²) in [5, 5.41) is 1.15. The molecule has 0 heterocycles. The van der Waals surface area contributed by atoms with Crippen LogP contribution in [0.4, 0.5) is 0 Å². The second kappa shape index (κ2) is 6.94. The van der Waals surface area contributed by atoms with E-state index in [1.165, 1.54) is 19.3 Å². The minimum atomic E-state index is 0.837. The highest BCUT2D eigenvalue weighted by molar-refractivity contribution is 9.09. The van der Waals surface area contributed by atoms with Gasteiger partial charge < -0.3 is 0 Å². The van der Waals surface area contributed by atoms with Crippen LogP contribution < -0.4 is 0 Å². The first-order valence-electron chi connectivity index (χ1n) is 5.16. The number of halogens is 1. The van der Waals surface area contributed by atoms with Crippen molar-refractivity contribution in [2.24, 2.45) is 17.8 Å². The lowest BCUT2D eigenvalue weighted by Gasteiger charge is -2.18. The van der Waals surface area contributed by atoms with E-state index in [9.17, 15) is 0 Å². The molecule has 0 amide bonds. The largest absolute Gasteiger partial charge is 0.0925 e. The van der Waals surface area contributed by atoms with Crippen molar-refractivity contribution in [3.63, 3.8) is 0 Å². The van der Waals surface area contributed by atoms with Crippen molar-refractivity contribution in [1.82, 2.24) is 0 Å². The zero-order chi connectivity index (χ0) is 9.56. The van der Waals surface area contributed by atoms with Gasteiger partial charge in [0.05, 0.1) is 0 Å². The molecule has 0 fully saturated rings. The van der Waals surface area contributed by atoms with E-state index in [2.05, 4.69) is 43.6 Å². The fourth-order valence-corrected chi connectivity index (χ4v) is 1.96. The summed E-state index contributed by atoms with van der Waals surface area (Å²) in [6.07, 6.45) is 4.09. The van der Waals surface area contributed by atoms with E-state index in [4.69, 9.17) is 0 Å². The van der Waals surface area contributed by atoms with Crippen LogP contribution in [0.25, 0.3) is 0 Å². The molecule has 0 radical (unpaired) electrons. The van der Waals surface area contributed by atoms with Crippen LogP contribution in [0.3, 0.4) is 0 Å². The Bertz CT molecular complexity index is 89.2. The van der Waals surface area contributed by atoms with Gasteiger partial charge >= 0.3 is 0 Å². The fourth-order valence-electron chi connectivity index (χ4n) is 1.70. The van der Waals surface area contributed by atoms with Crippen LogP contribution in [0.5, 0.6) is 0 Å². The maximum Gasteiger partial charge on any atom is 0.00571 e. The molecule has 0 saturated heterocycles. The molecule has 0 rings (SSSR count). The van der Waals surface area contributed by atoms with Crippen LogP contribution in [0.1, 0.15) is 47.0 Å². The van der Waals surface area contributed by atoms with Crippen molar-refractivity contribution in [1.29, 1.82) is 0 Å². The monoisotopic (exact) mass is 234 g/mol. The zero-order valence-corrected chi connectivity index (χ0v) is 10.5. The summed E-state index contributed by atoms with van der Waals surface area (Å²) >= 11 is 3.53. The van der Waals surface area contributed by atoms with E-state index in [-0.39, 0.29) is 0 Å². The molecular weight excluding hydrogens is 212 g/mol. The lowest BCUT2D eigenvalue weighted by molar-refractivity contribution is 0.352. The Balaban J connectivity index is 3.51. The van der Waals surface area contributed by atoms with Gasteiger partial charge in [0.15, 0.2) is 0 Å². The molecule has 74 valence electrons. The molecule has 0 nitrogen and oxygen atoms in total. The van der Waals surface area contributed by atoms with Crippen LogP contribution in [0.2, 0.25) is 0 Å². The average Bonchev–Trinajstić information content (AvgIpc) is 2.03. The Kier molecular flexibility index (Phi) is 7.22. The summed E-state index contributed by atoms with van der Waals surface area (Å²) < 4.78 is 0. The van der Waals surface area contributed by atoms with Crippen LogP contribution >= 0.6 is 15.9 Å². The Morgan fingerprint density at radius 2 is 1.42 bits per heavy atom. The molecule has 3 atom stereocenters. The summed E-state index contributed by atoms with van der Waals surface area (Å²) in [4.78, 5) is 0. The van der Waals surface area contributed by atoms with Crippen molar-refractivity contribution >= 4 is 15.9 Å². The van der Waals surface area contributed by atoms with Gasteiger partial charge in [0, 0.05) is 5.33 Å². The zero-order valence-electron chi connectivity index (χ0n) is 8.94. The molecule has 1 heteroatoms. The van der Waals surface area contributed by atoms with Crippen molar-refractivity contribution in [3.05, 3.63) is 0 Å². The molecule has 0 aliphatic heterocycles. The van der Waals surface area contributed by atoms with Gasteiger partial charge in [0.2, 0.25) is 0 Å². The lowest BCUT2D eigenvalue weighted by Crippen LogP contribution is -2.07. The molecule has 0 N–H and O–H groups in total. The summed E-state index contributed by atoms with van der Waals surface area (Å²) in [6.45, 7) is 9.34. The minimum Gasteiger partial charge on any atom is -0.0925 e. The van der Waals surface area contributed by atoms with Gasteiger partial charge in [-0.2, -0.15) is 0 Å². The summed E-state index contributed by atoms with van der Waals surface area (Å²) in [5.74, 6) is 2.64. The number of rotatable bonds is 6. The molecule has 0 bridgehead atoms. The number of hydrogen-bond donors (Lipinski definition) is 0. The van der Waals surface area contributed by atoms with Crippen LogP contribution in [0, 0.1) is 17.8 Å². The Labute approximate surface area is 86.3 Å². The quantitative estimate of drug-likeness (QED) is 0.595.